The molecular formula is C8H18N2. The maximum Gasteiger partial charge on any atom is 0.0195 e. The van der Waals surface area contributed by atoms with Gasteiger partial charge in [0.25, 0.3) is 0 Å². The largest absolute Gasteiger partial charge is 0.309 e. The minimum absolute atomic E-state index is 0.670. The van der Waals surface area contributed by atoms with Crippen molar-refractivity contribution in [3.05, 3.63) is 0 Å². The maximum absolute atomic E-state index is 3.55. The Kier molecular flexibility index (Phi) is 2.69. The predicted molar refractivity (Wildman–Crippen MR) is 44.2 cm³/mol. The van der Waals surface area contributed by atoms with Gasteiger partial charge < -0.3 is 10.2 Å². The summed E-state index contributed by atoms with van der Waals surface area (Å²) < 4.78 is 0. The first-order valence-corrected chi connectivity index (χ1v) is 4.17. The van der Waals surface area contributed by atoms with Crippen LogP contribution in [0.3, 0.4) is 0 Å². The van der Waals surface area contributed by atoms with E-state index in [1.807, 2.05) is 0 Å². The standard InChI is InChI=1S/C8H18N2/c1-4-8-6-10(3)5-7(2)9-8/h7-9H,4-6H2,1-3H3/t7-,8-/m0/s1. The molecule has 1 N–H and O–H groups in total. The summed E-state index contributed by atoms with van der Waals surface area (Å²) in [5.41, 5.74) is 0. The van der Waals surface area contributed by atoms with Crippen molar-refractivity contribution in [2.24, 2.45) is 0 Å². The molecule has 0 aromatic rings. The zero-order valence-corrected chi connectivity index (χ0v) is 7.22. The fraction of sp³-hybridized carbons (Fsp3) is 1.00. The first-order valence-electron chi connectivity index (χ1n) is 4.17. The number of hydrogen-bond donors (Lipinski definition) is 1. The lowest BCUT2D eigenvalue weighted by atomic mass is 10.1. The Morgan fingerprint density at radius 1 is 1.50 bits per heavy atom. The van der Waals surface area contributed by atoms with Gasteiger partial charge in [-0.05, 0) is 20.4 Å². The summed E-state index contributed by atoms with van der Waals surface area (Å²) in [5, 5.41) is 3.55. The highest BCUT2D eigenvalue weighted by Gasteiger charge is 2.18. The van der Waals surface area contributed by atoms with Crippen molar-refractivity contribution in [2.45, 2.75) is 32.4 Å². The van der Waals surface area contributed by atoms with Crippen LogP contribution in [-0.2, 0) is 0 Å². The van der Waals surface area contributed by atoms with E-state index in [0.717, 1.165) is 0 Å². The van der Waals surface area contributed by atoms with Crippen molar-refractivity contribution in [2.75, 3.05) is 20.1 Å². The van der Waals surface area contributed by atoms with E-state index in [2.05, 4.69) is 31.1 Å². The third-order valence-electron chi connectivity index (χ3n) is 2.13. The van der Waals surface area contributed by atoms with Gasteiger partial charge in [0.1, 0.15) is 0 Å². The fourth-order valence-corrected chi connectivity index (χ4v) is 1.67. The zero-order valence-electron chi connectivity index (χ0n) is 7.22. The van der Waals surface area contributed by atoms with Crippen LogP contribution < -0.4 is 5.32 Å². The van der Waals surface area contributed by atoms with Gasteiger partial charge >= 0.3 is 0 Å². The second kappa shape index (κ2) is 3.35. The SMILES string of the molecule is CC[C@H]1CN(C)C[C@H](C)N1. The van der Waals surface area contributed by atoms with Gasteiger partial charge in [0, 0.05) is 25.2 Å². The number of nitrogens with one attached hydrogen (secondary N) is 1. The van der Waals surface area contributed by atoms with E-state index in [1.54, 1.807) is 0 Å². The van der Waals surface area contributed by atoms with Gasteiger partial charge in [-0.2, -0.15) is 0 Å². The lowest BCUT2D eigenvalue weighted by molar-refractivity contribution is 0.196. The van der Waals surface area contributed by atoms with Gasteiger partial charge in [0.2, 0.25) is 0 Å². The third-order valence-corrected chi connectivity index (χ3v) is 2.13. The van der Waals surface area contributed by atoms with Crippen LogP contribution in [0.4, 0.5) is 0 Å². The maximum atomic E-state index is 3.55. The number of nitrogens with zero attached hydrogens (tertiary/aromatic N) is 1. The smallest absolute Gasteiger partial charge is 0.0195 e. The van der Waals surface area contributed by atoms with E-state index in [4.69, 9.17) is 0 Å². The van der Waals surface area contributed by atoms with Gasteiger partial charge in [0.05, 0.1) is 0 Å². The second-order valence-electron chi connectivity index (χ2n) is 3.39. The molecular weight excluding hydrogens is 124 g/mol. The molecule has 1 heterocycles. The van der Waals surface area contributed by atoms with Crippen molar-refractivity contribution in [3.8, 4) is 0 Å². The lowest BCUT2D eigenvalue weighted by Crippen LogP contribution is -2.53. The van der Waals surface area contributed by atoms with Crippen LogP contribution in [0.25, 0.3) is 0 Å². The Morgan fingerprint density at radius 3 is 2.70 bits per heavy atom. The molecule has 1 rings (SSSR count). The Bertz CT molecular complexity index is 93.4. The van der Waals surface area contributed by atoms with E-state index in [0.29, 0.717) is 12.1 Å². The van der Waals surface area contributed by atoms with Crippen LogP contribution in [0.5, 0.6) is 0 Å². The van der Waals surface area contributed by atoms with Crippen molar-refractivity contribution < 1.29 is 0 Å². The molecule has 10 heavy (non-hydrogen) atoms. The lowest BCUT2D eigenvalue weighted by Gasteiger charge is -2.34. The molecule has 0 bridgehead atoms. The van der Waals surface area contributed by atoms with Crippen molar-refractivity contribution in [1.82, 2.24) is 10.2 Å². The van der Waals surface area contributed by atoms with Gasteiger partial charge in [0.15, 0.2) is 0 Å². The molecule has 1 fully saturated rings. The van der Waals surface area contributed by atoms with Crippen LogP contribution >= 0.6 is 0 Å². The normalized spacial score (nSPS) is 36.3. The van der Waals surface area contributed by atoms with Crippen molar-refractivity contribution in [1.29, 1.82) is 0 Å². The van der Waals surface area contributed by atoms with Crippen molar-refractivity contribution >= 4 is 0 Å². The molecule has 0 unspecified atom stereocenters. The molecule has 0 amide bonds. The Labute approximate surface area is 63.6 Å². The minimum atomic E-state index is 0.670. The molecule has 1 aliphatic rings. The van der Waals surface area contributed by atoms with E-state index in [-0.39, 0.29) is 0 Å². The number of likely N-dealkylation sites (N-methyl/N-ethyl adjacent to an activating group) is 1. The highest BCUT2D eigenvalue weighted by molar-refractivity contribution is 4.80. The Morgan fingerprint density at radius 2 is 2.20 bits per heavy atom. The van der Waals surface area contributed by atoms with Crippen LogP contribution in [-0.4, -0.2) is 37.1 Å². The Hall–Kier alpha value is -0.0800. The fourth-order valence-electron chi connectivity index (χ4n) is 1.67. The van der Waals surface area contributed by atoms with Gasteiger partial charge in [-0.15, -0.1) is 0 Å². The van der Waals surface area contributed by atoms with E-state index < -0.39 is 0 Å². The van der Waals surface area contributed by atoms with Gasteiger partial charge in [-0.1, -0.05) is 6.92 Å². The minimum Gasteiger partial charge on any atom is -0.309 e. The number of rotatable bonds is 1. The molecule has 0 aromatic carbocycles. The molecule has 0 saturated carbocycles. The van der Waals surface area contributed by atoms with Crippen molar-refractivity contribution in [3.63, 3.8) is 0 Å². The average Bonchev–Trinajstić information content (AvgIpc) is 1.85. The average molecular weight is 142 g/mol. The third kappa shape index (κ3) is 1.96. The highest BCUT2D eigenvalue weighted by atomic mass is 15.2. The summed E-state index contributed by atoms with van der Waals surface area (Å²) in [7, 11) is 2.19. The highest BCUT2D eigenvalue weighted by Crippen LogP contribution is 2.03. The molecule has 60 valence electrons. The summed E-state index contributed by atoms with van der Waals surface area (Å²) in [6, 6.07) is 1.39. The van der Waals surface area contributed by atoms with Gasteiger partial charge in [-0.25, -0.2) is 0 Å². The predicted octanol–water partition coefficient (Wildman–Crippen LogP) is 0.689. The zero-order chi connectivity index (χ0) is 7.56. The van der Waals surface area contributed by atoms with E-state index in [1.165, 1.54) is 19.5 Å². The van der Waals surface area contributed by atoms with Gasteiger partial charge in [-0.3, -0.25) is 0 Å². The van der Waals surface area contributed by atoms with Crippen LogP contribution in [0.2, 0.25) is 0 Å². The molecule has 0 radical (unpaired) electrons. The summed E-state index contributed by atoms with van der Waals surface area (Å²) >= 11 is 0. The summed E-state index contributed by atoms with van der Waals surface area (Å²) in [5.74, 6) is 0. The molecule has 1 aliphatic heterocycles. The molecule has 1 saturated heterocycles. The molecule has 2 atom stereocenters. The Balaban J connectivity index is 2.35. The number of piperazine rings is 1. The summed E-state index contributed by atoms with van der Waals surface area (Å²) in [4.78, 5) is 2.40. The van der Waals surface area contributed by atoms with E-state index >= 15 is 0 Å². The second-order valence-corrected chi connectivity index (χ2v) is 3.39. The molecule has 0 aromatic heterocycles. The first kappa shape index (κ1) is 8.02. The quantitative estimate of drug-likeness (QED) is 0.579. The summed E-state index contributed by atoms with van der Waals surface area (Å²) in [6.07, 6.45) is 1.24. The monoisotopic (exact) mass is 142 g/mol. The first-order chi connectivity index (χ1) is 4.72. The van der Waals surface area contributed by atoms with Crippen LogP contribution in [0, 0.1) is 0 Å². The topological polar surface area (TPSA) is 15.3 Å². The molecule has 0 spiro atoms. The molecule has 2 nitrogen and oxygen atoms in total. The van der Waals surface area contributed by atoms with Crippen LogP contribution in [0.15, 0.2) is 0 Å². The van der Waals surface area contributed by atoms with E-state index in [9.17, 15) is 0 Å². The summed E-state index contributed by atoms with van der Waals surface area (Å²) in [6.45, 7) is 6.89. The number of hydrogen-bond acceptors (Lipinski definition) is 2. The molecule has 2 heteroatoms. The van der Waals surface area contributed by atoms with Crippen LogP contribution in [0.1, 0.15) is 20.3 Å². The molecule has 0 aliphatic carbocycles.